The minimum absolute atomic E-state index is 0.247. The van der Waals surface area contributed by atoms with Crippen LogP contribution in [0.3, 0.4) is 0 Å². The Morgan fingerprint density at radius 1 is 1.56 bits per heavy atom. The minimum atomic E-state index is -1.19. The second-order valence-corrected chi connectivity index (χ2v) is 4.38. The van der Waals surface area contributed by atoms with Crippen LogP contribution in [-0.2, 0) is 14.2 Å². The van der Waals surface area contributed by atoms with E-state index < -0.39 is 17.3 Å². The van der Waals surface area contributed by atoms with Gasteiger partial charge in [0, 0.05) is 27.2 Å². The van der Waals surface area contributed by atoms with Gasteiger partial charge in [-0.25, -0.2) is 0 Å². The third-order valence-electron chi connectivity index (χ3n) is 3.36. The summed E-state index contributed by atoms with van der Waals surface area (Å²) < 4.78 is 15.3. The Kier molecular flexibility index (Phi) is 4.28. The molecule has 1 aliphatic heterocycles. The molecule has 16 heavy (non-hydrogen) atoms. The normalized spacial score (nSPS) is 29.0. The Bertz CT molecular complexity index is 262. The minimum Gasteiger partial charge on any atom is -0.388 e. The Labute approximate surface area is 95.9 Å². The third kappa shape index (κ3) is 2.36. The number of methoxy groups -OCH3 is 2. The lowest BCUT2D eigenvalue weighted by atomic mass is 9.71. The van der Waals surface area contributed by atoms with Crippen molar-refractivity contribution in [1.82, 2.24) is 0 Å². The highest BCUT2D eigenvalue weighted by atomic mass is 16.7. The molecule has 5 nitrogen and oxygen atoms in total. The molecule has 0 amide bonds. The van der Waals surface area contributed by atoms with E-state index in [4.69, 9.17) is 14.2 Å². The van der Waals surface area contributed by atoms with Gasteiger partial charge in [0.1, 0.15) is 5.41 Å². The number of ether oxygens (including phenoxy) is 3. The van der Waals surface area contributed by atoms with Crippen molar-refractivity contribution in [2.45, 2.75) is 31.7 Å². The van der Waals surface area contributed by atoms with Crippen LogP contribution in [0.25, 0.3) is 0 Å². The molecule has 2 unspecified atom stereocenters. The van der Waals surface area contributed by atoms with E-state index in [1.54, 1.807) is 6.92 Å². The summed E-state index contributed by atoms with van der Waals surface area (Å²) in [5.74, 6) is 0. The average Bonchev–Trinajstić information content (AvgIpc) is 2.76. The number of hydrogen-bond donors (Lipinski definition) is 1. The van der Waals surface area contributed by atoms with Crippen LogP contribution in [0.5, 0.6) is 0 Å². The van der Waals surface area contributed by atoms with E-state index in [-0.39, 0.29) is 13.0 Å². The van der Waals surface area contributed by atoms with Crippen molar-refractivity contribution in [1.29, 1.82) is 5.26 Å². The summed E-state index contributed by atoms with van der Waals surface area (Å²) in [6.45, 7) is 2.40. The van der Waals surface area contributed by atoms with Crippen LogP contribution in [0.2, 0.25) is 0 Å². The van der Waals surface area contributed by atoms with Gasteiger partial charge in [0.05, 0.1) is 18.3 Å². The highest BCUT2D eigenvalue weighted by molar-refractivity contribution is 5.12. The molecule has 1 aliphatic rings. The lowest BCUT2D eigenvalue weighted by molar-refractivity contribution is -0.161. The first kappa shape index (κ1) is 13.4. The van der Waals surface area contributed by atoms with Gasteiger partial charge in [-0.2, -0.15) is 5.26 Å². The first-order valence-electron chi connectivity index (χ1n) is 5.28. The summed E-state index contributed by atoms with van der Waals surface area (Å²) >= 11 is 0. The largest absolute Gasteiger partial charge is 0.388 e. The molecule has 1 N–H and O–H groups in total. The quantitative estimate of drug-likeness (QED) is 0.702. The van der Waals surface area contributed by atoms with Gasteiger partial charge >= 0.3 is 0 Å². The van der Waals surface area contributed by atoms with E-state index in [1.807, 2.05) is 0 Å². The molecule has 0 radical (unpaired) electrons. The molecule has 0 bridgehead atoms. The van der Waals surface area contributed by atoms with Gasteiger partial charge in [0.15, 0.2) is 6.29 Å². The Hall–Kier alpha value is -0.670. The molecular formula is C11H19NO4. The number of nitrogens with zero attached hydrogens (tertiary/aromatic N) is 1. The van der Waals surface area contributed by atoms with E-state index in [0.29, 0.717) is 13.0 Å². The van der Waals surface area contributed by atoms with Gasteiger partial charge in [-0.1, -0.05) is 0 Å². The van der Waals surface area contributed by atoms with Crippen LogP contribution in [0.4, 0.5) is 0 Å². The lowest BCUT2D eigenvalue weighted by Gasteiger charge is -2.37. The van der Waals surface area contributed by atoms with E-state index >= 15 is 0 Å². The molecule has 2 atom stereocenters. The molecule has 0 saturated carbocycles. The van der Waals surface area contributed by atoms with Crippen LogP contribution < -0.4 is 0 Å². The summed E-state index contributed by atoms with van der Waals surface area (Å²) in [6.07, 6.45) is 0.272. The predicted molar refractivity (Wildman–Crippen MR) is 56.5 cm³/mol. The SMILES string of the molecule is COC(CC(C)(O)C1(C#N)CCOC1)OC. The maximum absolute atomic E-state index is 10.4. The number of hydrogen-bond acceptors (Lipinski definition) is 5. The number of aliphatic hydroxyl groups is 1. The molecule has 1 saturated heterocycles. The molecule has 1 fully saturated rings. The molecule has 0 spiro atoms. The first-order chi connectivity index (χ1) is 7.51. The summed E-state index contributed by atoms with van der Waals surface area (Å²) in [6, 6.07) is 2.19. The van der Waals surface area contributed by atoms with Crippen molar-refractivity contribution in [3.05, 3.63) is 0 Å². The van der Waals surface area contributed by atoms with Gasteiger partial charge in [0.25, 0.3) is 0 Å². The Morgan fingerprint density at radius 2 is 2.19 bits per heavy atom. The highest BCUT2D eigenvalue weighted by Gasteiger charge is 2.51. The van der Waals surface area contributed by atoms with Crippen molar-refractivity contribution in [2.75, 3.05) is 27.4 Å². The summed E-state index contributed by atoms with van der Waals surface area (Å²) in [5.41, 5.74) is -2.04. The summed E-state index contributed by atoms with van der Waals surface area (Å²) in [7, 11) is 3.02. The van der Waals surface area contributed by atoms with Crippen molar-refractivity contribution in [3.63, 3.8) is 0 Å². The fourth-order valence-corrected chi connectivity index (χ4v) is 1.98. The second kappa shape index (κ2) is 5.11. The average molecular weight is 229 g/mol. The van der Waals surface area contributed by atoms with E-state index in [9.17, 15) is 10.4 Å². The van der Waals surface area contributed by atoms with Gasteiger partial charge in [-0.05, 0) is 13.3 Å². The number of rotatable bonds is 5. The van der Waals surface area contributed by atoms with Crippen molar-refractivity contribution in [3.8, 4) is 6.07 Å². The molecule has 0 aliphatic carbocycles. The van der Waals surface area contributed by atoms with E-state index in [2.05, 4.69) is 6.07 Å². The van der Waals surface area contributed by atoms with Crippen LogP contribution in [0, 0.1) is 16.7 Å². The van der Waals surface area contributed by atoms with E-state index in [1.165, 1.54) is 14.2 Å². The molecule has 0 aromatic heterocycles. The molecule has 1 heterocycles. The topological polar surface area (TPSA) is 71.7 Å². The maximum Gasteiger partial charge on any atom is 0.159 e. The molecule has 5 heteroatoms. The van der Waals surface area contributed by atoms with Crippen LogP contribution in [0.15, 0.2) is 0 Å². The smallest absolute Gasteiger partial charge is 0.159 e. The zero-order valence-corrected chi connectivity index (χ0v) is 10.0. The molecule has 0 aromatic carbocycles. The highest BCUT2D eigenvalue weighted by Crippen LogP contribution is 2.41. The fraction of sp³-hybridized carbons (Fsp3) is 0.909. The molecule has 1 rings (SSSR count). The second-order valence-electron chi connectivity index (χ2n) is 4.38. The molecule has 0 aromatic rings. The van der Waals surface area contributed by atoms with Crippen LogP contribution in [-0.4, -0.2) is 44.4 Å². The third-order valence-corrected chi connectivity index (χ3v) is 3.36. The van der Waals surface area contributed by atoms with Crippen molar-refractivity contribution in [2.24, 2.45) is 5.41 Å². The van der Waals surface area contributed by atoms with E-state index in [0.717, 1.165) is 0 Å². The first-order valence-corrected chi connectivity index (χ1v) is 5.28. The van der Waals surface area contributed by atoms with Gasteiger partial charge in [-0.15, -0.1) is 0 Å². The zero-order valence-electron chi connectivity index (χ0n) is 10.0. The van der Waals surface area contributed by atoms with Crippen LogP contribution >= 0.6 is 0 Å². The summed E-state index contributed by atoms with van der Waals surface area (Å²) in [5, 5.41) is 19.7. The predicted octanol–water partition coefficient (Wildman–Crippen LogP) is 0.677. The lowest BCUT2D eigenvalue weighted by Crippen LogP contribution is -2.48. The Balaban J connectivity index is 2.78. The van der Waals surface area contributed by atoms with Gasteiger partial charge in [0.2, 0.25) is 0 Å². The number of nitriles is 1. The van der Waals surface area contributed by atoms with Crippen molar-refractivity contribution >= 4 is 0 Å². The van der Waals surface area contributed by atoms with Crippen LogP contribution in [0.1, 0.15) is 19.8 Å². The monoisotopic (exact) mass is 229 g/mol. The molecule has 92 valence electrons. The summed E-state index contributed by atoms with van der Waals surface area (Å²) in [4.78, 5) is 0. The Morgan fingerprint density at radius 3 is 2.56 bits per heavy atom. The molecular weight excluding hydrogens is 210 g/mol. The zero-order chi connectivity index (χ0) is 12.2. The van der Waals surface area contributed by atoms with Gasteiger partial charge in [-0.3, -0.25) is 0 Å². The van der Waals surface area contributed by atoms with Gasteiger partial charge < -0.3 is 19.3 Å². The van der Waals surface area contributed by atoms with Crippen molar-refractivity contribution < 1.29 is 19.3 Å². The standard InChI is InChI=1S/C11H19NO4/c1-10(13,6-9(14-2)15-3)11(7-12)4-5-16-8-11/h9,13H,4-6,8H2,1-3H3. The maximum atomic E-state index is 10.4. The fourth-order valence-electron chi connectivity index (χ4n) is 1.98.